The Balaban J connectivity index is 1.60. The van der Waals surface area contributed by atoms with Gasteiger partial charge >= 0.3 is 0 Å². The van der Waals surface area contributed by atoms with Crippen LogP contribution in [0.1, 0.15) is 47.0 Å². The van der Waals surface area contributed by atoms with Crippen LogP contribution in [0.4, 0.5) is 0 Å². The van der Waals surface area contributed by atoms with Gasteiger partial charge in [-0.1, -0.05) is 88.4 Å². The van der Waals surface area contributed by atoms with Crippen molar-refractivity contribution in [2.75, 3.05) is 0 Å². The lowest BCUT2D eigenvalue weighted by Crippen LogP contribution is -2.68. The maximum atomic E-state index is 13.0. The smallest absolute Gasteiger partial charge is 0.261 e. The van der Waals surface area contributed by atoms with Crippen molar-refractivity contribution in [2.24, 2.45) is 29.6 Å². The van der Waals surface area contributed by atoms with Crippen LogP contribution in [0.2, 0.25) is 5.04 Å². The van der Waals surface area contributed by atoms with Crippen molar-refractivity contribution in [1.29, 1.82) is 0 Å². The lowest BCUT2D eigenvalue weighted by Gasteiger charge is -2.45. The summed E-state index contributed by atoms with van der Waals surface area (Å²) in [7, 11) is -2.55. The first-order valence-corrected chi connectivity index (χ1v) is 13.6. The molecular weight excluding hydrogens is 384 g/mol. The summed E-state index contributed by atoms with van der Waals surface area (Å²) in [5.74, 6) is 2.73. The summed E-state index contributed by atoms with van der Waals surface area (Å²) in [6.45, 7) is 9.21. The third-order valence-electron chi connectivity index (χ3n) is 8.45. The molecule has 158 valence electrons. The Kier molecular flexibility index (Phi) is 4.83. The molecule has 3 saturated carbocycles. The van der Waals surface area contributed by atoms with Gasteiger partial charge in [0.15, 0.2) is 0 Å². The molecule has 5 rings (SSSR count). The molecule has 3 aliphatic rings. The van der Waals surface area contributed by atoms with E-state index < -0.39 is 8.32 Å². The molecule has 3 heteroatoms. The molecule has 3 aliphatic carbocycles. The molecule has 6 atom stereocenters. The molecule has 0 aromatic heterocycles. The zero-order chi connectivity index (χ0) is 21.1. The SMILES string of the molecule is C[C@@H]1C(=O)[C@@H]2C[C@H](O[Si](c3ccccc3)(c3ccccc3)C(C)(C)C)[C@@H]3CC[C@H]1[C@@H]32. The summed E-state index contributed by atoms with van der Waals surface area (Å²) in [6, 6.07) is 21.9. The Labute approximate surface area is 182 Å². The van der Waals surface area contributed by atoms with Gasteiger partial charge in [-0.05, 0) is 52.4 Å². The van der Waals surface area contributed by atoms with Crippen LogP contribution < -0.4 is 10.4 Å². The zero-order valence-electron chi connectivity index (χ0n) is 18.7. The fourth-order valence-corrected chi connectivity index (χ4v) is 11.9. The minimum atomic E-state index is -2.55. The predicted octanol–water partition coefficient (Wildman–Crippen LogP) is 4.81. The van der Waals surface area contributed by atoms with Crippen molar-refractivity contribution in [1.82, 2.24) is 0 Å². The van der Waals surface area contributed by atoms with Crippen LogP contribution in [0.25, 0.3) is 0 Å². The number of ketones is 1. The number of hydrogen-bond donors (Lipinski definition) is 0. The summed E-state index contributed by atoms with van der Waals surface area (Å²) in [6.07, 6.45) is 3.57. The van der Waals surface area contributed by atoms with Crippen molar-refractivity contribution >= 4 is 24.5 Å². The average molecular weight is 419 g/mol. The van der Waals surface area contributed by atoms with Gasteiger partial charge in [0.2, 0.25) is 0 Å². The van der Waals surface area contributed by atoms with Gasteiger partial charge in [-0.3, -0.25) is 4.79 Å². The quantitative estimate of drug-likeness (QED) is 0.666. The number of rotatable bonds is 4. The highest BCUT2D eigenvalue weighted by molar-refractivity contribution is 6.99. The van der Waals surface area contributed by atoms with E-state index in [9.17, 15) is 4.79 Å². The van der Waals surface area contributed by atoms with E-state index in [1.807, 2.05) is 0 Å². The molecule has 2 aromatic rings. The van der Waals surface area contributed by atoms with Crippen LogP contribution in [-0.4, -0.2) is 20.2 Å². The largest absolute Gasteiger partial charge is 0.404 e. The van der Waals surface area contributed by atoms with Crippen LogP contribution in [0.15, 0.2) is 60.7 Å². The van der Waals surface area contributed by atoms with Gasteiger partial charge in [-0.2, -0.15) is 0 Å². The van der Waals surface area contributed by atoms with E-state index in [-0.39, 0.29) is 23.0 Å². The molecule has 30 heavy (non-hydrogen) atoms. The molecule has 2 nitrogen and oxygen atoms in total. The first-order chi connectivity index (χ1) is 14.3. The first-order valence-electron chi connectivity index (χ1n) is 11.7. The summed E-state index contributed by atoms with van der Waals surface area (Å²) < 4.78 is 7.47. The van der Waals surface area contributed by atoms with Gasteiger partial charge < -0.3 is 4.43 Å². The molecule has 0 radical (unpaired) electrons. The normalized spacial score (nSPS) is 33.1. The Hall–Kier alpha value is -1.71. The summed E-state index contributed by atoms with van der Waals surface area (Å²) in [5, 5.41) is 2.67. The molecule has 0 N–H and O–H groups in total. The zero-order valence-corrected chi connectivity index (χ0v) is 19.7. The highest BCUT2D eigenvalue weighted by Crippen LogP contribution is 2.60. The van der Waals surface area contributed by atoms with E-state index >= 15 is 0 Å². The molecule has 2 aromatic carbocycles. The van der Waals surface area contributed by atoms with Crippen molar-refractivity contribution in [3.63, 3.8) is 0 Å². The maximum Gasteiger partial charge on any atom is 0.261 e. The number of carbonyl (C=O) groups is 1. The summed E-state index contributed by atoms with van der Waals surface area (Å²) in [5.41, 5.74) is 0. The van der Waals surface area contributed by atoms with E-state index in [4.69, 9.17) is 4.43 Å². The van der Waals surface area contributed by atoms with Crippen molar-refractivity contribution < 1.29 is 9.22 Å². The lowest BCUT2D eigenvalue weighted by atomic mass is 9.90. The molecule has 3 fully saturated rings. The van der Waals surface area contributed by atoms with Gasteiger partial charge in [0, 0.05) is 17.9 Å². The Morgan fingerprint density at radius 1 is 0.867 bits per heavy atom. The van der Waals surface area contributed by atoms with Crippen LogP contribution >= 0.6 is 0 Å². The minimum Gasteiger partial charge on any atom is -0.404 e. The van der Waals surface area contributed by atoms with E-state index in [1.54, 1.807) is 0 Å². The highest BCUT2D eigenvalue weighted by atomic mass is 28.4. The summed E-state index contributed by atoms with van der Waals surface area (Å²) in [4.78, 5) is 13.0. The van der Waals surface area contributed by atoms with Gasteiger partial charge in [0.25, 0.3) is 8.32 Å². The molecule has 0 heterocycles. The number of benzene rings is 2. The second-order valence-electron chi connectivity index (χ2n) is 10.8. The fraction of sp³-hybridized carbons (Fsp3) is 0.519. The molecule has 0 saturated heterocycles. The van der Waals surface area contributed by atoms with Gasteiger partial charge in [-0.15, -0.1) is 0 Å². The van der Waals surface area contributed by atoms with Crippen molar-refractivity contribution in [3.8, 4) is 0 Å². The van der Waals surface area contributed by atoms with Crippen LogP contribution in [-0.2, 0) is 9.22 Å². The average Bonchev–Trinajstić information content (AvgIpc) is 3.38. The van der Waals surface area contributed by atoms with E-state index in [1.165, 1.54) is 23.2 Å². The molecule has 0 amide bonds. The van der Waals surface area contributed by atoms with Gasteiger partial charge in [0.1, 0.15) is 5.78 Å². The summed E-state index contributed by atoms with van der Waals surface area (Å²) >= 11 is 0. The van der Waals surface area contributed by atoms with E-state index in [0.29, 0.717) is 23.5 Å². The third kappa shape index (κ3) is 2.81. The maximum absolute atomic E-state index is 13.0. The molecule has 0 spiro atoms. The second kappa shape index (κ2) is 7.17. The van der Waals surface area contributed by atoms with Crippen molar-refractivity contribution in [3.05, 3.63) is 60.7 Å². The molecule has 0 aliphatic heterocycles. The predicted molar refractivity (Wildman–Crippen MR) is 124 cm³/mol. The monoisotopic (exact) mass is 418 g/mol. The van der Waals surface area contributed by atoms with Crippen molar-refractivity contribution in [2.45, 2.75) is 58.1 Å². The molecule has 0 unspecified atom stereocenters. The third-order valence-corrected chi connectivity index (χ3v) is 13.5. The molecule has 0 bridgehead atoms. The van der Waals surface area contributed by atoms with E-state index in [0.717, 1.165) is 6.42 Å². The van der Waals surface area contributed by atoms with Crippen LogP contribution in [0, 0.1) is 29.6 Å². The Morgan fingerprint density at radius 2 is 1.40 bits per heavy atom. The highest BCUT2D eigenvalue weighted by Gasteiger charge is 2.62. The number of hydrogen-bond acceptors (Lipinski definition) is 2. The Bertz CT molecular complexity index is 877. The van der Waals surface area contributed by atoms with Gasteiger partial charge in [0.05, 0.1) is 0 Å². The minimum absolute atomic E-state index is 0.0112. The fourth-order valence-electron chi connectivity index (χ4n) is 7.19. The lowest BCUT2D eigenvalue weighted by molar-refractivity contribution is -0.124. The topological polar surface area (TPSA) is 26.3 Å². The number of carbonyl (C=O) groups excluding carboxylic acids is 1. The first kappa shape index (κ1) is 20.2. The second-order valence-corrected chi connectivity index (χ2v) is 15.1. The number of Topliss-reactive ketones (excluding diaryl/α,β-unsaturated/α-hetero) is 1. The van der Waals surface area contributed by atoms with Gasteiger partial charge in [-0.25, -0.2) is 0 Å². The standard InChI is InChI=1S/C27H34O2Si/c1-18-21-15-16-22-24(17-23(25(21)22)26(18)28)29-30(27(2,3)4,19-11-7-5-8-12-19)20-13-9-6-10-14-20/h5-14,18,21-25H,15-17H2,1-4H3/t18-,21+,22-,23+,24-,25-/m0/s1. The van der Waals surface area contributed by atoms with E-state index in [2.05, 4.69) is 88.4 Å². The van der Waals surface area contributed by atoms with Crippen LogP contribution in [0.3, 0.4) is 0 Å². The Morgan fingerprint density at radius 3 is 1.93 bits per heavy atom. The molecular formula is C27H34O2Si. The van der Waals surface area contributed by atoms with Crippen LogP contribution in [0.5, 0.6) is 0 Å².